The van der Waals surface area contributed by atoms with Gasteiger partial charge in [0.25, 0.3) is 11.8 Å². The van der Waals surface area contributed by atoms with Gasteiger partial charge in [0.05, 0.1) is 10.6 Å². The number of carbonyl (C=O) groups is 2. The first-order valence-electron chi connectivity index (χ1n) is 11.4. The van der Waals surface area contributed by atoms with Crippen LogP contribution in [0.15, 0.2) is 24.3 Å². The lowest BCUT2D eigenvalue weighted by atomic mass is 10.1. The Hall–Kier alpha value is -2.80. The number of benzene rings is 1. The van der Waals surface area contributed by atoms with Crippen LogP contribution in [-0.4, -0.2) is 57.8 Å². The number of thiophene rings is 1. The van der Waals surface area contributed by atoms with Gasteiger partial charge in [-0.2, -0.15) is 0 Å². The summed E-state index contributed by atoms with van der Waals surface area (Å²) in [4.78, 5) is 41.1. The molecule has 2 aliphatic rings. The summed E-state index contributed by atoms with van der Waals surface area (Å²) in [6.45, 7) is 8.31. The van der Waals surface area contributed by atoms with Crippen LogP contribution in [0.4, 0.5) is 0 Å². The number of piperazine rings is 1. The lowest BCUT2D eigenvalue weighted by molar-refractivity contribution is 0.0538. The van der Waals surface area contributed by atoms with Crippen LogP contribution in [0.3, 0.4) is 0 Å². The number of hydrogen-bond acceptors (Lipinski definition) is 5. The molecular weight excluding hydrogens is 420 g/mol. The first-order valence-corrected chi connectivity index (χ1v) is 12.2. The third kappa shape index (κ3) is 3.79. The van der Waals surface area contributed by atoms with E-state index in [1.54, 1.807) is 0 Å². The molecule has 0 bridgehead atoms. The number of rotatable bonds is 4. The summed E-state index contributed by atoms with van der Waals surface area (Å²) in [6, 6.07) is 7.82. The number of carbonyl (C=O) groups excluding carboxylic acids is 2. The second-order valence-electron chi connectivity index (χ2n) is 8.81. The Balaban J connectivity index is 1.30. The molecule has 1 saturated heterocycles. The average molecular weight is 449 g/mol. The number of aromatic nitrogens is 2. The Morgan fingerprint density at radius 1 is 0.969 bits per heavy atom. The lowest BCUT2D eigenvalue weighted by Gasteiger charge is -2.34. The molecule has 32 heavy (non-hydrogen) atoms. The van der Waals surface area contributed by atoms with Crippen LogP contribution in [0.2, 0.25) is 0 Å². The van der Waals surface area contributed by atoms with Crippen LogP contribution in [0, 0.1) is 13.8 Å². The molecule has 0 spiro atoms. The third-order valence-corrected chi connectivity index (χ3v) is 7.76. The van der Waals surface area contributed by atoms with E-state index in [9.17, 15) is 9.59 Å². The Morgan fingerprint density at radius 2 is 1.59 bits per heavy atom. The van der Waals surface area contributed by atoms with E-state index in [2.05, 4.69) is 6.92 Å². The van der Waals surface area contributed by atoms with Crippen LogP contribution in [-0.2, 0) is 6.42 Å². The molecule has 6 nitrogen and oxygen atoms in total. The average Bonchev–Trinajstić information content (AvgIpc) is 3.62. The standard InChI is InChI=1S/C25H28N4O2S/c1-4-17-5-7-19(8-6-17)24(30)28-11-13-29(14-12-28)25(31)21-15(2)20-16(3)26-22(18-9-10-18)27-23(20)32-21/h5-8,18H,4,9-14H2,1-3H3. The van der Waals surface area contributed by atoms with E-state index >= 15 is 0 Å². The van der Waals surface area contributed by atoms with E-state index in [0.717, 1.165) is 51.4 Å². The van der Waals surface area contributed by atoms with Crippen molar-refractivity contribution in [1.29, 1.82) is 0 Å². The zero-order chi connectivity index (χ0) is 22.4. The van der Waals surface area contributed by atoms with Crippen molar-refractivity contribution in [1.82, 2.24) is 19.8 Å². The summed E-state index contributed by atoms with van der Waals surface area (Å²) >= 11 is 1.48. The molecule has 166 valence electrons. The highest BCUT2D eigenvalue weighted by atomic mass is 32.1. The minimum absolute atomic E-state index is 0.0382. The van der Waals surface area contributed by atoms with Gasteiger partial charge in [0.15, 0.2) is 0 Å². The van der Waals surface area contributed by atoms with Crippen molar-refractivity contribution in [3.05, 3.63) is 57.4 Å². The molecular formula is C25H28N4O2S. The smallest absolute Gasteiger partial charge is 0.264 e. The highest BCUT2D eigenvalue weighted by molar-refractivity contribution is 7.20. The van der Waals surface area contributed by atoms with E-state index < -0.39 is 0 Å². The van der Waals surface area contributed by atoms with Crippen LogP contribution in [0.25, 0.3) is 10.2 Å². The zero-order valence-corrected chi connectivity index (χ0v) is 19.7. The van der Waals surface area contributed by atoms with Gasteiger partial charge in [-0.1, -0.05) is 19.1 Å². The summed E-state index contributed by atoms with van der Waals surface area (Å²) in [5.41, 5.74) is 3.88. The van der Waals surface area contributed by atoms with Gasteiger partial charge in [-0.25, -0.2) is 9.97 Å². The third-order valence-electron chi connectivity index (χ3n) is 6.59. The van der Waals surface area contributed by atoms with E-state index in [-0.39, 0.29) is 11.8 Å². The molecule has 0 radical (unpaired) electrons. The van der Waals surface area contributed by atoms with Crippen molar-refractivity contribution in [2.24, 2.45) is 0 Å². The van der Waals surface area contributed by atoms with E-state index in [1.807, 2.05) is 47.9 Å². The van der Waals surface area contributed by atoms with Crippen LogP contribution < -0.4 is 0 Å². The number of hydrogen-bond donors (Lipinski definition) is 0. The van der Waals surface area contributed by atoms with Gasteiger partial charge in [-0.3, -0.25) is 9.59 Å². The van der Waals surface area contributed by atoms with Crippen LogP contribution in [0.5, 0.6) is 0 Å². The molecule has 2 aromatic heterocycles. The highest BCUT2D eigenvalue weighted by Gasteiger charge is 2.30. The van der Waals surface area contributed by atoms with Crippen molar-refractivity contribution in [2.75, 3.05) is 26.2 Å². The van der Waals surface area contributed by atoms with Crippen molar-refractivity contribution in [2.45, 2.75) is 46.0 Å². The van der Waals surface area contributed by atoms with Crippen LogP contribution >= 0.6 is 11.3 Å². The molecule has 2 fully saturated rings. The maximum atomic E-state index is 13.3. The minimum Gasteiger partial charge on any atom is -0.335 e. The number of aryl methyl sites for hydroxylation is 3. The van der Waals surface area contributed by atoms with Gasteiger partial charge in [0, 0.05) is 43.0 Å². The Morgan fingerprint density at radius 3 is 2.19 bits per heavy atom. The van der Waals surface area contributed by atoms with Gasteiger partial charge in [0.2, 0.25) is 0 Å². The SMILES string of the molecule is CCc1ccc(C(=O)N2CCN(C(=O)c3sc4nc(C5CC5)nc(C)c4c3C)CC2)cc1. The van der Waals surface area contributed by atoms with Gasteiger partial charge in [-0.05, 0) is 56.4 Å². The van der Waals surface area contributed by atoms with Gasteiger partial charge in [-0.15, -0.1) is 11.3 Å². The van der Waals surface area contributed by atoms with Crippen LogP contribution in [0.1, 0.15) is 68.4 Å². The van der Waals surface area contributed by atoms with Crippen molar-refractivity contribution in [3.8, 4) is 0 Å². The minimum atomic E-state index is 0.0382. The fraction of sp³-hybridized carbons (Fsp3) is 0.440. The summed E-state index contributed by atoms with van der Waals surface area (Å²) in [7, 11) is 0. The molecule has 2 amide bonds. The molecule has 3 heterocycles. The predicted octanol–water partition coefficient (Wildman–Crippen LogP) is 4.35. The molecule has 0 atom stereocenters. The van der Waals surface area contributed by atoms with Crippen molar-refractivity contribution < 1.29 is 9.59 Å². The molecule has 3 aromatic rings. The largest absolute Gasteiger partial charge is 0.335 e. The topological polar surface area (TPSA) is 66.4 Å². The second-order valence-corrected chi connectivity index (χ2v) is 9.81. The number of nitrogens with zero attached hydrogens (tertiary/aromatic N) is 4. The Kier molecular flexibility index (Phi) is 5.45. The Labute approximate surface area is 192 Å². The number of fused-ring (bicyclic) bond motifs is 1. The monoisotopic (exact) mass is 448 g/mol. The molecule has 1 aliphatic heterocycles. The van der Waals surface area contributed by atoms with E-state index in [1.165, 1.54) is 16.9 Å². The first kappa shape index (κ1) is 21.1. The van der Waals surface area contributed by atoms with Gasteiger partial charge in [0.1, 0.15) is 10.7 Å². The first-order chi connectivity index (χ1) is 15.5. The van der Waals surface area contributed by atoms with Crippen molar-refractivity contribution >= 4 is 33.4 Å². The highest BCUT2D eigenvalue weighted by Crippen LogP contribution is 2.40. The summed E-state index contributed by atoms with van der Waals surface area (Å²) < 4.78 is 0. The lowest BCUT2D eigenvalue weighted by Crippen LogP contribution is -2.50. The quantitative estimate of drug-likeness (QED) is 0.595. The molecule has 0 unspecified atom stereocenters. The number of amides is 2. The maximum absolute atomic E-state index is 13.3. The second kappa shape index (κ2) is 8.28. The molecule has 7 heteroatoms. The van der Waals surface area contributed by atoms with Gasteiger partial charge < -0.3 is 9.80 Å². The normalized spacial score (nSPS) is 16.6. The fourth-order valence-corrected chi connectivity index (χ4v) is 5.62. The van der Waals surface area contributed by atoms with Crippen molar-refractivity contribution in [3.63, 3.8) is 0 Å². The van der Waals surface area contributed by atoms with E-state index in [4.69, 9.17) is 9.97 Å². The molecule has 1 aromatic carbocycles. The van der Waals surface area contributed by atoms with Gasteiger partial charge >= 0.3 is 0 Å². The Bertz CT molecular complexity index is 1190. The maximum Gasteiger partial charge on any atom is 0.264 e. The predicted molar refractivity (Wildman–Crippen MR) is 126 cm³/mol. The molecule has 0 N–H and O–H groups in total. The molecule has 1 aliphatic carbocycles. The fourth-order valence-electron chi connectivity index (χ4n) is 4.41. The molecule has 1 saturated carbocycles. The summed E-state index contributed by atoms with van der Waals surface area (Å²) in [5, 5.41) is 1.02. The zero-order valence-electron chi connectivity index (χ0n) is 18.9. The van der Waals surface area contributed by atoms with E-state index in [0.29, 0.717) is 37.7 Å². The summed E-state index contributed by atoms with van der Waals surface area (Å²) in [5.74, 6) is 1.49. The summed E-state index contributed by atoms with van der Waals surface area (Å²) in [6.07, 6.45) is 3.28. The molecule has 5 rings (SSSR count).